The van der Waals surface area contributed by atoms with Crippen molar-refractivity contribution in [2.75, 3.05) is 33.5 Å². The van der Waals surface area contributed by atoms with E-state index >= 15 is 0 Å². The van der Waals surface area contributed by atoms with Gasteiger partial charge in [0.2, 0.25) is 6.29 Å². The molecule has 0 saturated carbocycles. The minimum Gasteiger partial charge on any atom is -0.459 e. The second kappa shape index (κ2) is 12.0. The molecule has 1 amide bonds. The Morgan fingerprint density at radius 3 is 2.65 bits per heavy atom. The minimum atomic E-state index is -0.723. The molecule has 0 saturated heterocycles. The van der Waals surface area contributed by atoms with Crippen molar-refractivity contribution in [1.82, 2.24) is 14.7 Å². The molecule has 2 N–H and O–H groups in total. The third kappa shape index (κ3) is 5.43. The standard InChI is InChI=1S/C25H35N3O6/c1-5-33-25-19(12-9-14-29)20(16-21(34-25)23(30)26-13-15-32-4)22-17(2)27(3)28(24(22)31)18-10-7-6-8-11-18/h6-8,10-11,16,19-20,25,29H,5,9,12-15H2,1-4H3,(H,26,30). The zero-order valence-corrected chi connectivity index (χ0v) is 20.3. The van der Waals surface area contributed by atoms with Gasteiger partial charge < -0.3 is 24.6 Å². The first kappa shape index (κ1) is 25.7. The fourth-order valence-corrected chi connectivity index (χ4v) is 4.43. The number of aliphatic hydroxyl groups excluding tert-OH is 1. The van der Waals surface area contributed by atoms with Crippen molar-refractivity contribution >= 4 is 5.91 Å². The number of allylic oxidation sites excluding steroid dienone is 1. The molecular weight excluding hydrogens is 438 g/mol. The molecule has 0 spiro atoms. The Morgan fingerprint density at radius 2 is 2.00 bits per heavy atom. The molecule has 3 atom stereocenters. The van der Waals surface area contributed by atoms with Crippen LogP contribution in [0.2, 0.25) is 0 Å². The van der Waals surface area contributed by atoms with E-state index in [1.807, 2.05) is 55.9 Å². The molecule has 3 rings (SSSR count). The van der Waals surface area contributed by atoms with Gasteiger partial charge in [0, 0.05) is 57.0 Å². The van der Waals surface area contributed by atoms with Crippen LogP contribution in [-0.4, -0.2) is 60.1 Å². The number of benzene rings is 1. The fourth-order valence-electron chi connectivity index (χ4n) is 4.43. The van der Waals surface area contributed by atoms with Gasteiger partial charge in [-0.15, -0.1) is 0 Å². The lowest BCUT2D eigenvalue weighted by molar-refractivity contribution is -0.166. The quantitative estimate of drug-likeness (QED) is 0.484. The van der Waals surface area contributed by atoms with Crippen molar-refractivity contribution in [3.63, 3.8) is 0 Å². The summed E-state index contributed by atoms with van der Waals surface area (Å²) in [6.07, 6.45) is 2.09. The van der Waals surface area contributed by atoms with Crippen LogP contribution in [0.25, 0.3) is 5.69 Å². The largest absolute Gasteiger partial charge is 0.459 e. The number of nitrogens with zero attached hydrogens (tertiary/aromatic N) is 2. The number of amides is 1. The van der Waals surface area contributed by atoms with Gasteiger partial charge >= 0.3 is 0 Å². The predicted octanol–water partition coefficient (Wildman–Crippen LogP) is 2.00. The van der Waals surface area contributed by atoms with Crippen LogP contribution >= 0.6 is 0 Å². The average molecular weight is 474 g/mol. The highest BCUT2D eigenvalue weighted by Gasteiger charge is 2.40. The Kier molecular flexibility index (Phi) is 9.09. The molecule has 1 aromatic carbocycles. The normalized spacial score (nSPS) is 20.0. The number of hydrogen-bond acceptors (Lipinski definition) is 6. The molecule has 0 aliphatic carbocycles. The highest BCUT2D eigenvalue weighted by molar-refractivity contribution is 5.91. The van der Waals surface area contributed by atoms with Crippen molar-refractivity contribution in [3.05, 3.63) is 63.8 Å². The topological polar surface area (TPSA) is 104 Å². The predicted molar refractivity (Wildman–Crippen MR) is 128 cm³/mol. The second-order valence-electron chi connectivity index (χ2n) is 8.25. The van der Waals surface area contributed by atoms with Gasteiger partial charge in [0.05, 0.1) is 12.3 Å². The van der Waals surface area contributed by atoms with E-state index in [0.29, 0.717) is 38.2 Å². The van der Waals surface area contributed by atoms with E-state index in [1.54, 1.807) is 17.9 Å². The first-order valence-corrected chi connectivity index (χ1v) is 11.7. The van der Waals surface area contributed by atoms with Crippen molar-refractivity contribution in [2.24, 2.45) is 13.0 Å². The van der Waals surface area contributed by atoms with Crippen LogP contribution in [0.5, 0.6) is 0 Å². The first-order valence-electron chi connectivity index (χ1n) is 11.7. The van der Waals surface area contributed by atoms with E-state index in [0.717, 1.165) is 11.4 Å². The van der Waals surface area contributed by atoms with Gasteiger partial charge in [-0.1, -0.05) is 18.2 Å². The molecule has 34 heavy (non-hydrogen) atoms. The first-order chi connectivity index (χ1) is 16.4. The van der Waals surface area contributed by atoms with Crippen LogP contribution in [0.4, 0.5) is 0 Å². The van der Waals surface area contributed by atoms with E-state index in [-0.39, 0.29) is 29.8 Å². The summed E-state index contributed by atoms with van der Waals surface area (Å²) >= 11 is 0. The average Bonchev–Trinajstić information content (AvgIpc) is 3.06. The van der Waals surface area contributed by atoms with E-state index in [4.69, 9.17) is 14.2 Å². The van der Waals surface area contributed by atoms with E-state index in [1.165, 1.54) is 0 Å². The number of ether oxygens (including phenoxy) is 3. The van der Waals surface area contributed by atoms with Crippen LogP contribution in [0, 0.1) is 12.8 Å². The molecule has 1 aliphatic rings. The summed E-state index contributed by atoms with van der Waals surface area (Å²) in [5.74, 6) is -0.942. The summed E-state index contributed by atoms with van der Waals surface area (Å²) in [6.45, 7) is 4.85. The Morgan fingerprint density at radius 1 is 1.26 bits per heavy atom. The van der Waals surface area contributed by atoms with Gasteiger partial charge in [-0.05, 0) is 44.9 Å². The summed E-state index contributed by atoms with van der Waals surface area (Å²) in [5, 5.41) is 12.3. The maximum Gasteiger partial charge on any atom is 0.286 e. The molecule has 9 heteroatoms. The smallest absolute Gasteiger partial charge is 0.286 e. The highest BCUT2D eigenvalue weighted by Crippen LogP contribution is 2.39. The van der Waals surface area contributed by atoms with Crippen LogP contribution in [-0.2, 0) is 26.1 Å². The van der Waals surface area contributed by atoms with E-state index in [2.05, 4.69) is 5.32 Å². The third-order valence-electron chi connectivity index (χ3n) is 6.16. The number of para-hydroxylation sites is 1. The van der Waals surface area contributed by atoms with Crippen LogP contribution in [0.15, 0.2) is 47.0 Å². The van der Waals surface area contributed by atoms with E-state index < -0.39 is 12.2 Å². The Hall–Kier alpha value is -2.88. The molecule has 186 valence electrons. The molecule has 2 aromatic rings. The molecule has 1 aliphatic heterocycles. The number of methoxy groups -OCH3 is 1. The SMILES string of the molecule is CCOC1OC(C(=O)NCCOC)=CC(c2c(C)n(C)n(-c3ccccc3)c2=O)C1CCCO. The fraction of sp³-hybridized carbons (Fsp3) is 0.520. The lowest BCUT2D eigenvalue weighted by atomic mass is 9.80. The number of hydrogen-bond donors (Lipinski definition) is 2. The number of nitrogens with one attached hydrogen (secondary N) is 1. The molecule has 3 unspecified atom stereocenters. The van der Waals surface area contributed by atoms with Gasteiger partial charge in [0.15, 0.2) is 5.76 Å². The molecule has 2 heterocycles. The number of carbonyl (C=O) groups is 1. The second-order valence-corrected chi connectivity index (χ2v) is 8.25. The maximum absolute atomic E-state index is 13.7. The molecule has 0 bridgehead atoms. The van der Waals surface area contributed by atoms with Crippen molar-refractivity contribution in [3.8, 4) is 5.69 Å². The molecule has 0 radical (unpaired) electrons. The zero-order valence-electron chi connectivity index (χ0n) is 20.3. The molecular formula is C25H35N3O6. The van der Waals surface area contributed by atoms with Crippen LogP contribution in [0.1, 0.15) is 36.9 Å². The summed E-state index contributed by atoms with van der Waals surface area (Å²) in [5.41, 5.74) is 1.98. The third-order valence-corrected chi connectivity index (χ3v) is 6.16. The lowest BCUT2D eigenvalue weighted by Crippen LogP contribution is -2.40. The number of carbonyl (C=O) groups excluding carboxylic acids is 1. The summed E-state index contributed by atoms with van der Waals surface area (Å²) in [7, 11) is 3.41. The summed E-state index contributed by atoms with van der Waals surface area (Å²) < 4.78 is 20.3. The summed E-state index contributed by atoms with van der Waals surface area (Å²) in [6, 6.07) is 9.43. The Balaban J connectivity index is 2.11. The number of aromatic nitrogens is 2. The Labute approximate surface area is 199 Å². The molecule has 0 fully saturated rings. The van der Waals surface area contributed by atoms with Gasteiger partial charge in [-0.2, -0.15) is 0 Å². The molecule has 9 nitrogen and oxygen atoms in total. The van der Waals surface area contributed by atoms with Crippen molar-refractivity contribution in [2.45, 2.75) is 38.9 Å². The summed E-state index contributed by atoms with van der Waals surface area (Å²) in [4.78, 5) is 26.6. The highest BCUT2D eigenvalue weighted by atomic mass is 16.7. The monoisotopic (exact) mass is 473 g/mol. The van der Waals surface area contributed by atoms with Crippen LogP contribution < -0.4 is 10.9 Å². The number of aliphatic hydroxyl groups is 1. The Bertz CT molecular complexity index is 1040. The van der Waals surface area contributed by atoms with Crippen molar-refractivity contribution < 1.29 is 24.1 Å². The van der Waals surface area contributed by atoms with Gasteiger partial charge in [0.25, 0.3) is 11.5 Å². The zero-order chi connectivity index (χ0) is 24.7. The lowest BCUT2D eigenvalue weighted by Gasteiger charge is -2.36. The maximum atomic E-state index is 13.7. The number of rotatable bonds is 11. The minimum absolute atomic E-state index is 0.0121. The van der Waals surface area contributed by atoms with E-state index in [9.17, 15) is 14.7 Å². The van der Waals surface area contributed by atoms with Crippen molar-refractivity contribution in [1.29, 1.82) is 0 Å². The molecule has 1 aromatic heterocycles. The van der Waals surface area contributed by atoms with Gasteiger partial charge in [0.1, 0.15) is 0 Å². The van der Waals surface area contributed by atoms with Gasteiger partial charge in [-0.3, -0.25) is 14.3 Å². The van der Waals surface area contributed by atoms with Crippen LogP contribution in [0.3, 0.4) is 0 Å². The van der Waals surface area contributed by atoms with Gasteiger partial charge in [-0.25, -0.2) is 4.68 Å².